The monoisotopic (exact) mass is 123 g/mol. The molecule has 1 fully saturated rings. The first-order valence-electron chi connectivity index (χ1n) is 2.13. The molecule has 0 amide bonds. The van der Waals surface area contributed by atoms with Crippen molar-refractivity contribution in [3.63, 3.8) is 0 Å². The molecule has 0 saturated heterocycles. The number of ether oxygens (including phenoxy) is 1. The topological polar surface area (TPSA) is 35.2 Å². The van der Waals surface area contributed by atoms with Crippen molar-refractivity contribution in [2.45, 2.75) is 18.6 Å². The molecule has 0 heterocycles. The molecule has 0 radical (unpaired) electrons. The second-order valence-electron chi connectivity index (χ2n) is 1.67. The van der Waals surface area contributed by atoms with E-state index in [9.17, 15) is 0 Å². The van der Waals surface area contributed by atoms with Gasteiger partial charge >= 0.3 is 0 Å². The summed E-state index contributed by atoms with van der Waals surface area (Å²) in [4.78, 5) is 0. The summed E-state index contributed by atoms with van der Waals surface area (Å²) in [6, 6.07) is 0.343. The summed E-state index contributed by atoms with van der Waals surface area (Å²) in [5.74, 6) is 0. The van der Waals surface area contributed by atoms with Crippen molar-refractivity contribution in [2.75, 3.05) is 7.11 Å². The van der Waals surface area contributed by atoms with E-state index in [4.69, 9.17) is 10.5 Å². The first-order valence-corrected chi connectivity index (χ1v) is 2.13. The summed E-state index contributed by atoms with van der Waals surface area (Å²) in [5, 5.41) is 0. The molecule has 1 saturated carbocycles. The summed E-state index contributed by atoms with van der Waals surface area (Å²) < 4.78 is 4.85. The highest BCUT2D eigenvalue weighted by Crippen LogP contribution is 2.20. The summed E-state index contributed by atoms with van der Waals surface area (Å²) in [6.45, 7) is 0. The van der Waals surface area contributed by atoms with E-state index in [-0.39, 0.29) is 12.4 Å². The van der Waals surface area contributed by atoms with E-state index in [1.807, 2.05) is 0 Å². The minimum absolute atomic E-state index is 0. The Hall–Kier alpha value is 0.210. The van der Waals surface area contributed by atoms with E-state index in [0.29, 0.717) is 12.1 Å². The van der Waals surface area contributed by atoms with Crippen molar-refractivity contribution < 1.29 is 4.74 Å². The maximum Gasteiger partial charge on any atom is 0.0738 e. The molecule has 0 spiro atoms. The molecule has 0 aliphatic heterocycles. The van der Waals surface area contributed by atoms with Crippen LogP contribution in [0.15, 0.2) is 0 Å². The van der Waals surface area contributed by atoms with Crippen LogP contribution in [-0.2, 0) is 4.74 Å². The minimum Gasteiger partial charge on any atom is -0.380 e. The van der Waals surface area contributed by atoms with Gasteiger partial charge in [-0.05, 0) is 6.42 Å². The van der Waals surface area contributed by atoms with Crippen molar-refractivity contribution in [3.05, 3.63) is 0 Å². The fraction of sp³-hybridized carbons (Fsp3) is 1.00. The van der Waals surface area contributed by atoms with Gasteiger partial charge in [0.2, 0.25) is 0 Å². The maximum atomic E-state index is 5.35. The van der Waals surface area contributed by atoms with Crippen LogP contribution in [0.4, 0.5) is 0 Å². The summed E-state index contributed by atoms with van der Waals surface area (Å²) in [5.41, 5.74) is 5.35. The van der Waals surface area contributed by atoms with Crippen LogP contribution in [-0.4, -0.2) is 19.3 Å². The van der Waals surface area contributed by atoms with Crippen molar-refractivity contribution >= 4 is 12.4 Å². The van der Waals surface area contributed by atoms with Crippen LogP contribution in [0, 0.1) is 0 Å². The average molecular weight is 124 g/mol. The second kappa shape index (κ2) is 2.50. The summed E-state index contributed by atoms with van der Waals surface area (Å²) in [6.07, 6.45) is 1.43. The van der Waals surface area contributed by atoms with Gasteiger partial charge in [0.05, 0.1) is 6.10 Å². The molecule has 0 aromatic rings. The van der Waals surface area contributed by atoms with Crippen LogP contribution in [0.5, 0.6) is 0 Å². The normalized spacial score (nSPS) is 36.9. The zero-order valence-corrected chi connectivity index (χ0v) is 5.07. The van der Waals surface area contributed by atoms with Gasteiger partial charge < -0.3 is 10.5 Å². The lowest BCUT2D eigenvalue weighted by atomic mass is 10.7. The van der Waals surface area contributed by atoms with E-state index in [2.05, 4.69) is 0 Å². The zero-order valence-electron chi connectivity index (χ0n) is 4.26. The highest BCUT2D eigenvalue weighted by Gasteiger charge is 2.32. The van der Waals surface area contributed by atoms with Crippen LogP contribution >= 0.6 is 12.4 Å². The molecule has 0 unspecified atom stereocenters. The second-order valence-corrected chi connectivity index (χ2v) is 1.67. The minimum atomic E-state index is 0. The van der Waals surface area contributed by atoms with Gasteiger partial charge in [0, 0.05) is 13.2 Å². The summed E-state index contributed by atoms with van der Waals surface area (Å²) in [7, 11) is 1.69. The first kappa shape index (κ1) is 7.21. The Morgan fingerprint density at radius 3 is 2.14 bits per heavy atom. The molecule has 1 rings (SSSR count). The largest absolute Gasteiger partial charge is 0.380 e. The lowest BCUT2D eigenvalue weighted by molar-refractivity contribution is 0.178. The van der Waals surface area contributed by atoms with Gasteiger partial charge in [-0.15, -0.1) is 12.4 Å². The molecule has 44 valence electrons. The Bertz CT molecular complexity index is 57.7. The van der Waals surface area contributed by atoms with E-state index in [1.54, 1.807) is 7.11 Å². The van der Waals surface area contributed by atoms with Gasteiger partial charge in [-0.1, -0.05) is 0 Å². The maximum absolute atomic E-state index is 5.35. The van der Waals surface area contributed by atoms with Crippen LogP contribution in [0.25, 0.3) is 0 Å². The van der Waals surface area contributed by atoms with Crippen LogP contribution in [0.1, 0.15) is 6.42 Å². The average Bonchev–Trinajstić information content (AvgIpc) is 2.19. The van der Waals surface area contributed by atoms with Gasteiger partial charge in [-0.2, -0.15) is 0 Å². The molecule has 1 aliphatic carbocycles. The molecule has 7 heavy (non-hydrogen) atoms. The van der Waals surface area contributed by atoms with E-state index < -0.39 is 0 Å². The molecule has 2 N–H and O–H groups in total. The molecular weight excluding hydrogens is 114 g/mol. The fourth-order valence-corrected chi connectivity index (χ4v) is 0.461. The number of halogens is 1. The molecule has 2 nitrogen and oxygen atoms in total. The zero-order chi connectivity index (χ0) is 4.57. The van der Waals surface area contributed by atoms with Gasteiger partial charge in [0.25, 0.3) is 0 Å². The number of hydrogen-bond acceptors (Lipinski definition) is 2. The third kappa shape index (κ3) is 1.63. The van der Waals surface area contributed by atoms with Gasteiger partial charge in [0.15, 0.2) is 0 Å². The SMILES string of the molecule is CO[C@H]1C[C@H]1N.Cl. The van der Waals surface area contributed by atoms with Crippen molar-refractivity contribution in [3.8, 4) is 0 Å². The smallest absolute Gasteiger partial charge is 0.0738 e. The third-order valence-electron chi connectivity index (χ3n) is 1.08. The predicted molar refractivity (Wildman–Crippen MR) is 30.6 cm³/mol. The highest BCUT2D eigenvalue weighted by atomic mass is 35.5. The Kier molecular flexibility index (Phi) is 2.58. The highest BCUT2D eigenvalue weighted by molar-refractivity contribution is 5.85. The van der Waals surface area contributed by atoms with Crippen molar-refractivity contribution in [2.24, 2.45) is 5.73 Å². The first-order chi connectivity index (χ1) is 2.84. The number of rotatable bonds is 1. The number of methoxy groups -OCH3 is 1. The van der Waals surface area contributed by atoms with E-state index >= 15 is 0 Å². The summed E-state index contributed by atoms with van der Waals surface area (Å²) >= 11 is 0. The standard InChI is InChI=1S/C4H9NO.ClH/c1-6-4-2-3(4)5;/h3-4H,2,5H2,1H3;1H/t3-,4+;/m1./s1. The van der Waals surface area contributed by atoms with Crippen molar-refractivity contribution in [1.29, 1.82) is 0 Å². The molecular formula is C4H10ClNO. The molecule has 0 bridgehead atoms. The lowest BCUT2D eigenvalue weighted by Crippen LogP contribution is -2.05. The Morgan fingerprint density at radius 2 is 2.14 bits per heavy atom. The van der Waals surface area contributed by atoms with Gasteiger partial charge in [0.1, 0.15) is 0 Å². The third-order valence-corrected chi connectivity index (χ3v) is 1.08. The molecule has 2 atom stereocenters. The van der Waals surface area contributed by atoms with Crippen LogP contribution in [0.2, 0.25) is 0 Å². The Morgan fingerprint density at radius 1 is 1.71 bits per heavy atom. The van der Waals surface area contributed by atoms with E-state index in [0.717, 1.165) is 6.42 Å². The molecule has 3 heteroatoms. The molecule has 0 aromatic carbocycles. The Balaban J connectivity index is 0.000000360. The fourth-order valence-electron chi connectivity index (χ4n) is 0.461. The van der Waals surface area contributed by atoms with Crippen molar-refractivity contribution in [1.82, 2.24) is 0 Å². The number of hydrogen-bond donors (Lipinski definition) is 1. The predicted octanol–water partition coefficient (Wildman–Crippen LogP) is 0.154. The molecule has 1 aliphatic rings. The van der Waals surface area contributed by atoms with Gasteiger partial charge in [-0.3, -0.25) is 0 Å². The lowest BCUT2D eigenvalue weighted by Gasteiger charge is -1.85. The molecule has 0 aromatic heterocycles. The Labute approximate surface area is 49.4 Å². The van der Waals surface area contributed by atoms with Crippen LogP contribution in [0.3, 0.4) is 0 Å². The number of nitrogens with two attached hydrogens (primary N) is 1. The van der Waals surface area contributed by atoms with Crippen LogP contribution < -0.4 is 5.73 Å². The van der Waals surface area contributed by atoms with Gasteiger partial charge in [-0.25, -0.2) is 0 Å². The van der Waals surface area contributed by atoms with E-state index in [1.165, 1.54) is 0 Å². The quantitative estimate of drug-likeness (QED) is 0.539.